The van der Waals surface area contributed by atoms with Gasteiger partial charge in [-0.05, 0) is 6.42 Å². The normalized spacial score (nSPS) is 11.1. The number of nitrogens with zero attached hydrogens (tertiary/aromatic N) is 4. The van der Waals surface area contributed by atoms with Gasteiger partial charge in [-0.2, -0.15) is 5.10 Å². The molecule has 0 amide bonds. The molecule has 2 heterocycles. The standard InChI is InChI=1S/C11H16N4/c1-4-6-8-11-9(15(3)14-8)7-12-10(5-2)13-11/h7H,4-6H2,1-3H3. The summed E-state index contributed by atoms with van der Waals surface area (Å²) in [5, 5.41) is 4.47. The second kappa shape index (κ2) is 3.96. The number of rotatable bonds is 3. The van der Waals surface area contributed by atoms with Crippen LogP contribution in [0.3, 0.4) is 0 Å². The molecule has 0 aliphatic rings. The van der Waals surface area contributed by atoms with Crippen molar-refractivity contribution in [1.82, 2.24) is 19.7 Å². The van der Waals surface area contributed by atoms with Gasteiger partial charge in [0, 0.05) is 13.5 Å². The van der Waals surface area contributed by atoms with Crippen LogP contribution in [0, 0.1) is 0 Å². The van der Waals surface area contributed by atoms with Crippen molar-refractivity contribution in [3.8, 4) is 0 Å². The summed E-state index contributed by atoms with van der Waals surface area (Å²) in [7, 11) is 1.94. The highest BCUT2D eigenvalue weighted by atomic mass is 15.3. The van der Waals surface area contributed by atoms with Crippen LogP contribution in [-0.4, -0.2) is 19.7 Å². The Morgan fingerprint density at radius 3 is 2.80 bits per heavy atom. The van der Waals surface area contributed by atoms with Gasteiger partial charge >= 0.3 is 0 Å². The zero-order valence-corrected chi connectivity index (χ0v) is 9.49. The van der Waals surface area contributed by atoms with Gasteiger partial charge in [-0.25, -0.2) is 9.97 Å². The van der Waals surface area contributed by atoms with Gasteiger partial charge in [0.1, 0.15) is 16.9 Å². The fourth-order valence-electron chi connectivity index (χ4n) is 1.72. The monoisotopic (exact) mass is 204 g/mol. The van der Waals surface area contributed by atoms with E-state index in [1.807, 2.05) is 17.9 Å². The third kappa shape index (κ3) is 1.71. The largest absolute Gasteiger partial charge is 0.264 e. The van der Waals surface area contributed by atoms with Crippen LogP contribution in [0.5, 0.6) is 0 Å². The summed E-state index contributed by atoms with van der Waals surface area (Å²) in [6.45, 7) is 4.22. The van der Waals surface area contributed by atoms with E-state index in [1.54, 1.807) is 0 Å². The molecule has 0 saturated heterocycles. The van der Waals surface area contributed by atoms with Gasteiger partial charge in [-0.1, -0.05) is 20.3 Å². The minimum Gasteiger partial charge on any atom is -0.264 e. The fraction of sp³-hybridized carbons (Fsp3) is 0.545. The molecule has 0 aliphatic carbocycles. The first-order chi connectivity index (χ1) is 7.26. The van der Waals surface area contributed by atoms with Gasteiger partial charge in [0.05, 0.1) is 11.9 Å². The van der Waals surface area contributed by atoms with E-state index in [9.17, 15) is 0 Å². The van der Waals surface area contributed by atoms with Crippen molar-refractivity contribution in [2.75, 3.05) is 0 Å². The maximum absolute atomic E-state index is 4.54. The molecular weight excluding hydrogens is 188 g/mol. The lowest BCUT2D eigenvalue weighted by Gasteiger charge is -1.96. The molecular formula is C11H16N4. The first-order valence-corrected chi connectivity index (χ1v) is 5.43. The minimum atomic E-state index is 0.871. The Hall–Kier alpha value is -1.45. The van der Waals surface area contributed by atoms with Crippen LogP contribution in [-0.2, 0) is 19.9 Å². The summed E-state index contributed by atoms with van der Waals surface area (Å²) in [5.74, 6) is 0.896. The van der Waals surface area contributed by atoms with Crippen molar-refractivity contribution in [1.29, 1.82) is 0 Å². The molecule has 0 aromatic carbocycles. The zero-order chi connectivity index (χ0) is 10.8. The fourth-order valence-corrected chi connectivity index (χ4v) is 1.72. The zero-order valence-electron chi connectivity index (χ0n) is 9.49. The minimum absolute atomic E-state index is 0.871. The Labute approximate surface area is 89.3 Å². The van der Waals surface area contributed by atoms with E-state index in [0.717, 1.165) is 41.8 Å². The Bertz CT molecular complexity index is 473. The smallest absolute Gasteiger partial charge is 0.128 e. The highest BCUT2D eigenvalue weighted by molar-refractivity contribution is 5.76. The van der Waals surface area contributed by atoms with Crippen LogP contribution in [0.15, 0.2) is 6.20 Å². The third-order valence-electron chi connectivity index (χ3n) is 2.52. The summed E-state index contributed by atoms with van der Waals surface area (Å²) >= 11 is 0. The number of aromatic nitrogens is 4. The molecule has 0 atom stereocenters. The van der Waals surface area contributed by atoms with Crippen LogP contribution < -0.4 is 0 Å². The second-order valence-electron chi connectivity index (χ2n) is 3.69. The first kappa shape index (κ1) is 10.1. The highest BCUT2D eigenvalue weighted by Crippen LogP contribution is 2.16. The maximum atomic E-state index is 4.54. The van der Waals surface area contributed by atoms with E-state index in [4.69, 9.17) is 0 Å². The predicted molar refractivity (Wildman–Crippen MR) is 59.7 cm³/mol. The average Bonchev–Trinajstić information content (AvgIpc) is 2.56. The summed E-state index contributed by atoms with van der Waals surface area (Å²) in [4.78, 5) is 8.83. The predicted octanol–water partition coefficient (Wildman–Crippen LogP) is 1.88. The molecule has 80 valence electrons. The molecule has 0 spiro atoms. The van der Waals surface area contributed by atoms with Crippen molar-refractivity contribution < 1.29 is 0 Å². The molecule has 0 fully saturated rings. The summed E-state index contributed by atoms with van der Waals surface area (Å²) in [6, 6.07) is 0. The third-order valence-corrected chi connectivity index (χ3v) is 2.52. The van der Waals surface area contributed by atoms with Gasteiger partial charge in [0.15, 0.2) is 0 Å². The molecule has 4 heteroatoms. The quantitative estimate of drug-likeness (QED) is 0.766. The van der Waals surface area contributed by atoms with Gasteiger partial charge < -0.3 is 0 Å². The van der Waals surface area contributed by atoms with Crippen molar-refractivity contribution >= 4 is 11.0 Å². The Morgan fingerprint density at radius 1 is 1.33 bits per heavy atom. The van der Waals surface area contributed by atoms with Crippen LogP contribution in [0.1, 0.15) is 31.8 Å². The highest BCUT2D eigenvalue weighted by Gasteiger charge is 2.10. The SMILES string of the molecule is CCCc1nn(C)c2cnc(CC)nc12. The van der Waals surface area contributed by atoms with E-state index in [-0.39, 0.29) is 0 Å². The summed E-state index contributed by atoms with van der Waals surface area (Å²) in [5.41, 5.74) is 3.13. The van der Waals surface area contributed by atoms with Gasteiger partial charge in [-0.15, -0.1) is 0 Å². The topological polar surface area (TPSA) is 43.6 Å². The Balaban J connectivity index is 2.60. The van der Waals surface area contributed by atoms with Gasteiger partial charge in [-0.3, -0.25) is 4.68 Å². The second-order valence-corrected chi connectivity index (χ2v) is 3.69. The Morgan fingerprint density at radius 2 is 2.13 bits per heavy atom. The lowest BCUT2D eigenvalue weighted by atomic mass is 10.2. The summed E-state index contributed by atoms with van der Waals surface area (Å²) in [6.07, 6.45) is 4.82. The number of fused-ring (bicyclic) bond motifs is 1. The van der Waals surface area contributed by atoms with Crippen LogP contribution in [0.25, 0.3) is 11.0 Å². The van der Waals surface area contributed by atoms with Gasteiger partial charge in [0.2, 0.25) is 0 Å². The van der Waals surface area contributed by atoms with Crippen molar-refractivity contribution in [3.05, 3.63) is 17.7 Å². The van der Waals surface area contributed by atoms with Crippen LogP contribution in [0.2, 0.25) is 0 Å². The van der Waals surface area contributed by atoms with Crippen LogP contribution >= 0.6 is 0 Å². The van der Waals surface area contributed by atoms with E-state index in [2.05, 4.69) is 28.9 Å². The molecule has 0 bridgehead atoms. The molecule has 15 heavy (non-hydrogen) atoms. The molecule has 0 radical (unpaired) electrons. The van der Waals surface area contributed by atoms with E-state index in [0.29, 0.717) is 0 Å². The maximum Gasteiger partial charge on any atom is 0.128 e. The molecule has 0 N–H and O–H groups in total. The van der Waals surface area contributed by atoms with Crippen molar-refractivity contribution in [2.24, 2.45) is 7.05 Å². The van der Waals surface area contributed by atoms with Gasteiger partial charge in [0.25, 0.3) is 0 Å². The number of aryl methyl sites for hydroxylation is 3. The summed E-state index contributed by atoms with van der Waals surface area (Å²) < 4.78 is 1.86. The number of hydrogen-bond donors (Lipinski definition) is 0. The molecule has 0 unspecified atom stereocenters. The lowest BCUT2D eigenvalue weighted by molar-refractivity contribution is 0.752. The van der Waals surface area contributed by atoms with Crippen molar-refractivity contribution in [3.63, 3.8) is 0 Å². The lowest BCUT2D eigenvalue weighted by Crippen LogP contribution is -1.94. The molecule has 2 aromatic rings. The van der Waals surface area contributed by atoms with Crippen LogP contribution in [0.4, 0.5) is 0 Å². The van der Waals surface area contributed by atoms with E-state index >= 15 is 0 Å². The molecule has 0 aliphatic heterocycles. The molecule has 0 saturated carbocycles. The molecule has 2 rings (SSSR count). The average molecular weight is 204 g/mol. The molecule has 4 nitrogen and oxygen atoms in total. The van der Waals surface area contributed by atoms with E-state index in [1.165, 1.54) is 0 Å². The number of hydrogen-bond acceptors (Lipinski definition) is 3. The van der Waals surface area contributed by atoms with E-state index < -0.39 is 0 Å². The first-order valence-electron chi connectivity index (χ1n) is 5.43. The Kier molecular flexibility index (Phi) is 2.66. The molecule has 2 aromatic heterocycles. The van der Waals surface area contributed by atoms with Crippen molar-refractivity contribution in [2.45, 2.75) is 33.1 Å².